The van der Waals surface area contributed by atoms with Crippen molar-refractivity contribution in [3.63, 3.8) is 0 Å². The van der Waals surface area contributed by atoms with Gasteiger partial charge < -0.3 is 14.2 Å². The molecule has 0 saturated heterocycles. The molecule has 5 nitrogen and oxygen atoms in total. The fourth-order valence-corrected chi connectivity index (χ4v) is 1.47. The van der Waals surface area contributed by atoms with Gasteiger partial charge in [0, 0.05) is 12.5 Å². The first-order valence-electron chi connectivity index (χ1n) is 4.95. The molecular weight excluding hydrogens is 224 g/mol. The number of esters is 2. The highest BCUT2D eigenvalue weighted by Crippen LogP contribution is 2.31. The van der Waals surface area contributed by atoms with E-state index in [0.29, 0.717) is 22.6 Å². The average Bonchev–Trinajstić information content (AvgIpc) is 2.30. The van der Waals surface area contributed by atoms with E-state index in [1.165, 1.54) is 33.3 Å². The lowest BCUT2D eigenvalue weighted by atomic mass is 10.1. The number of hydrogen-bond donors (Lipinski definition) is 0. The van der Waals surface area contributed by atoms with E-state index in [2.05, 4.69) is 4.74 Å². The zero-order valence-corrected chi connectivity index (χ0v) is 10.2. The number of ether oxygens (including phenoxy) is 3. The Labute approximate surface area is 99.3 Å². The molecule has 0 spiro atoms. The summed E-state index contributed by atoms with van der Waals surface area (Å²) >= 11 is 0. The van der Waals surface area contributed by atoms with E-state index >= 15 is 0 Å². The van der Waals surface area contributed by atoms with Gasteiger partial charge in [0.25, 0.3) is 0 Å². The maximum absolute atomic E-state index is 11.5. The van der Waals surface area contributed by atoms with Crippen molar-refractivity contribution in [3.05, 3.63) is 23.3 Å². The second-order valence-corrected chi connectivity index (χ2v) is 3.35. The Morgan fingerprint density at radius 1 is 1.18 bits per heavy atom. The van der Waals surface area contributed by atoms with E-state index in [1.54, 1.807) is 6.92 Å². The molecule has 0 aromatic heterocycles. The van der Waals surface area contributed by atoms with Gasteiger partial charge in [-0.25, -0.2) is 4.79 Å². The predicted molar refractivity (Wildman–Crippen MR) is 60.4 cm³/mol. The molecule has 0 aliphatic heterocycles. The van der Waals surface area contributed by atoms with Crippen molar-refractivity contribution in [1.29, 1.82) is 0 Å². The first kappa shape index (κ1) is 13.0. The largest absolute Gasteiger partial charge is 0.495 e. The van der Waals surface area contributed by atoms with E-state index in [9.17, 15) is 9.59 Å². The molecule has 0 N–H and O–H groups in total. The molecule has 1 aromatic rings. The zero-order valence-electron chi connectivity index (χ0n) is 10.2. The summed E-state index contributed by atoms with van der Waals surface area (Å²) in [5, 5.41) is 0. The Bertz CT molecular complexity index is 450. The van der Waals surface area contributed by atoms with Gasteiger partial charge in [0.1, 0.15) is 17.1 Å². The van der Waals surface area contributed by atoms with Crippen LogP contribution in [-0.2, 0) is 9.53 Å². The van der Waals surface area contributed by atoms with Crippen LogP contribution in [0.3, 0.4) is 0 Å². The molecule has 0 aliphatic rings. The smallest absolute Gasteiger partial charge is 0.341 e. The van der Waals surface area contributed by atoms with E-state index in [-0.39, 0.29) is 0 Å². The van der Waals surface area contributed by atoms with Crippen LogP contribution in [0, 0.1) is 6.92 Å². The van der Waals surface area contributed by atoms with Gasteiger partial charge in [-0.05, 0) is 19.1 Å². The van der Waals surface area contributed by atoms with Crippen LogP contribution in [0.4, 0.5) is 0 Å². The summed E-state index contributed by atoms with van der Waals surface area (Å²) in [5.41, 5.74) is 0.869. The maximum atomic E-state index is 11.5. The van der Waals surface area contributed by atoms with Crippen molar-refractivity contribution in [2.24, 2.45) is 0 Å². The van der Waals surface area contributed by atoms with Crippen LogP contribution < -0.4 is 9.47 Å². The summed E-state index contributed by atoms with van der Waals surface area (Å²) in [6, 6.07) is 3.03. The molecule has 0 fully saturated rings. The number of hydrogen-bond acceptors (Lipinski definition) is 5. The molecule has 0 heterocycles. The molecule has 1 rings (SSSR count). The predicted octanol–water partition coefficient (Wildman–Crippen LogP) is 1.72. The van der Waals surface area contributed by atoms with Crippen molar-refractivity contribution in [2.45, 2.75) is 13.8 Å². The Morgan fingerprint density at radius 3 is 2.29 bits per heavy atom. The highest BCUT2D eigenvalue weighted by molar-refractivity contribution is 5.93. The molecule has 5 heteroatoms. The lowest BCUT2D eigenvalue weighted by Crippen LogP contribution is -2.08. The van der Waals surface area contributed by atoms with Crippen molar-refractivity contribution in [2.75, 3.05) is 14.2 Å². The first-order valence-corrected chi connectivity index (χ1v) is 4.95. The van der Waals surface area contributed by atoms with Crippen molar-refractivity contribution in [1.82, 2.24) is 0 Å². The Kier molecular flexibility index (Phi) is 4.09. The van der Waals surface area contributed by atoms with Gasteiger partial charge in [0.05, 0.1) is 14.2 Å². The minimum absolute atomic E-state index is 0.295. The van der Waals surface area contributed by atoms with Crippen LogP contribution in [0.5, 0.6) is 11.5 Å². The Morgan fingerprint density at radius 2 is 1.82 bits per heavy atom. The summed E-state index contributed by atoms with van der Waals surface area (Å²) in [7, 11) is 2.73. The fourth-order valence-electron chi connectivity index (χ4n) is 1.47. The van der Waals surface area contributed by atoms with E-state index < -0.39 is 11.9 Å². The lowest BCUT2D eigenvalue weighted by molar-refractivity contribution is -0.131. The molecule has 17 heavy (non-hydrogen) atoms. The highest BCUT2D eigenvalue weighted by atomic mass is 16.5. The fraction of sp³-hybridized carbons (Fsp3) is 0.333. The summed E-state index contributed by atoms with van der Waals surface area (Å²) in [6.45, 7) is 3.00. The van der Waals surface area contributed by atoms with Crippen LogP contribution in [0.1, 0.15) is 22.8 Å². The highest BCUT2D eigenvalue weighted by Gasteiger charge is 2.18. The number of carbonyl (C=O) groups is 2. The SMILES string of the molecule is COC(=O)c1ccc(OC(C)=O)c(C)c1OC. The van der Waals surface area contributed by atoms with Crippen LogP contribution in [0.15, 0.2) is 12.1 Å². The van der Waals surface area contributed by atoms with Crippen molar-refractivity contribution >= 4 is 11.9 Å². The molecule has 0 radical (unpaired) electrons. The van der Waals surface area contributed by atoms with Gasteiger partial charge in [0.15, 0.2) is 0 Å². The van der Waals surface area contributed by atoms with Gasteiger partial charge in [-0.3, -0.25) is 4.79 Å². The molecule has 0 aliphatic carbocycles. The molecule has 0 bridgehead atoms. The second kappa shape index (κ2) is 5.34. The lowest BCUT2D eigenvalue weighted by Gasteiger charge is -2.13. The third kappa shape index (κ3) is 2.75. The van der Waals surface area contributed by atoms with Gasteiger partial charge in [-0.2, -0.15) is 0 Å². The minimum atomic E-state index is -0.501. The topological polar surface area (TPSA) is 61.8 Å². The van der Waals surface area contributed by atoms with E-state index in [1.807, 2.05) is 0 Å². The normalized spacial score (nSPS) is 9.65. The summed E-state index contributed by atoms with van der Waals surface area (Å²) < 4.78 is 14.7. The van der Waals surface area contributed by atoms with E-state index in [0.717, 1.165) is 0 Å². The van der Waals surface area contributed by atoms with Crippen LogP contribution in [0.2, 0.25) is 0 Å². The number of benzene rings is 1. The minimum Gasteiger partial charge on any atom is -0.495 e. The quantitative estimate of drug-likeness (QED) is 0.592. The first-order chi connectivity index (χ1) is 8.01. The summed E-state index contributed by atoms with van der Waals surface area (Å²) in [5.74, 6) is -0.224. The summed E-state index contributed by atoms with van der Waals surface area (Å²) in [4.78, 5) is 22.4. The number of rotatable bonds is 3. The zero-order chi connectivity index (χ0) is 13.0. The van der Waals surface area contributed by atoms with Crippen LogP contribution >= 0.6 is 0 Å². The molecule has 0 atom stereocenters. The van der Waals surface area contributed by atoms with Gasteiger partial charge in [-0.1, -0.05) is 0 Å². The molecule has 1 aromatic carbocycles. The third-order valence-electron chi connectivity index (χ3n) is 2.22. The summed E-state index contributed by atoms with van der Waals surface area (Å²) in [6.07, 6.45) is 0. The number of carbonyl (C=O) groups excluding carboxylic acids is 2. The van der Waals surface area contributed by atoms with Crippen LogP contribution in [0.25, 0.3) is 0 Å². The Hall–Kier alpha value is -2.04. The molecular formula is C12H14O5. The average molecular weight is 238 g/mol. The van der Waals surface area contributed by atoms with Crippen molar-refractivity contribution in [3.8, 4) is 11.5 Å². The van der Waals surface area contributed by atoms with Crippen LogP contribution in [-0.4, -0.2) is 26.2 Å². The third-order valence-corrected chi connectivity index (χ3v) is 2.22. The van der Waals surface area contributed by atoms with Gasteiger partial charge in [0.2, 0.25) is 0 Å². The standard InChI is InChI=1S/C12H14O5/c1-7-10(17-8(2)13)6-5-9(11(7)15-3)12(14)16-4/h5-6H,1-4H3. The molecule has 92 valence electrons. The second-order valence-electron chi connectivity index (χ2n) is 3.35. The monoisotopic (exact) mass is 238 g/mol. The van der Waals surface area contributed by atoms with Gasteiger partial charge >= 0.3 is 11.9 Å². The maximum Gasteiger partial charge on any atom is 0.341 e. The van der Waals surface area contributed by atoms with Crippen molar-refractivity contribution < 1.29 is 23.8 Å². The Balaban J connectivity index is 3.26. The molecule has 0 saturated carbocycles. The molecule has 0 unspecified atom stereocenters. The van der Waals surface area contributed by atoms with E-state index in [4.69, 9.17) is 9.47 Å². The van der Waals surface area contributed by atoms with Gasteiger partial charge in [-0.15, -0.1) is 0 Å². The number of methoxy groups -OCH3 is 2. The molecule has 0 amide bonds.